The van der Waals surface area contributed by atoms with E-state index in [0.717, 1.165) is 10.0 Å². The number of amides is 1. The molecular formula is C25H21BrN2O3. The van der Waals surface area contributed by atoms with Crippen LogP contribution in [-0.2, 0) is 11.4 Å². The fourth-order valence-electron chi connectivity index (χ4n) is 2.81. The zero-order valence-electron chi connectivity index (χ0n) is 17.0. The third-order valence-electron chi connectivity index (χ3n) is 4.32. The Kier molecular flexibility index (Phi) is 7.85. The minimum Gasteiger partial charge on any atom is -0.490 e. The van der Waals surface area contributed by atoms with E-state index >= 15 is 0 Å². The monoisotopic (exact) mass is 476 g/mol. The molecule has 0 aromatic heterocycles. The molecule has 0 aliphatic rings. The number of hydrogen-bond acceptors (Lipinski definition) is 4. The van der Waals surface area contributed by atoms with E-state index in [4.69, 9.17) is 9.47 Å². The van der Waals surface area contributed by atoms with Crippen molar-refractivity contribution >= 4 is 33.6 Å². The van der Waals surface area contributed by atoms with E-state index < -0.39 is 5.91 Å². The Morgan fingerprint density at radius 1 is 1.03 bits per heavy atom. The average Bonchev–Trinajstić information content (AvgIpc) is 2.78. The molecule has 0 saturated heterocycles. The number of hydrogen-bond donors (Lipinski definition) is 1. The molecule has 156 valence electrons. The minimum atomic E-state index is -0.471. The number of para-hydroxylation sites is 1. The van der Waals surface area contributed by atoms with Crippen LogP contribution in [0.2, 0.25) is 0 Å². The van der Waals surface area contributed by atoms with Crippen molar-refractivity contribution in [1.29, 1.82) is 5.26 Å². The summed E-state index contributed by atoms with van der Waals surface area (Å²) in [6.07, 6.45) is 1.53. The Bertz CT molecular complexity index is 1120. The van der Waals surface area contributed by atoms with Crippen LogP contribution in [0.5, 0.6) is 11.5 Å². The number of benzene rings is 3. The van der Waals surface area contributed by atoms with Crippen LogP contribution in [-0.4, -0.2) is 12.5 Å². The molecule has 3 aromatic carbocycles. The maximum absolute atomic E-state index is 12.5. The van der Waals surface area contributed by atoms with Crippen LogP contribution in [0.3, 0.4) is 0 Å². The van der Waals surface area contributed by atoms with Gasteiger partial charge < -0.3 is 14.8 Å². The van der Waals surface area contributed by atoms with Gasteiger partial charge in [0.1, 0.15) is 18.2 Å². The van der Waals surface area contributed by atoms with Crippen molar-refractivity contribution in [3.8, 4) is 17.6 Å². The summed E-state index contributed by atoms with van der Waals surface area (Å²) in [6, 6.07) is 24.1. The second-order valence-electron chi connectivity index (χ2n) is 6.51. The number of nitrogens with zero attached hydrogens (tertiary/aromatic N) is 1. The van der Waals surface area contributed by atoms with E-state index in [1.807, 2.05) is 55.5 Å². The normalized spacial score (nSPS) is 10.8. The lowest BCUT2D eigenvalue weighted by atomic mass is 10.1. The largest absolute Gasteiger partial charge is 0.490 e. The first-order valence-electron chi connectivity index (χ1n) is 9.72. The molecule has 0 unspecified atom stereocenters. The Morgan fingerprint density at radius 3 is 2.48 bits per heavy atom. The van der Waals surface area contributed by atoms with Gasteiger partial charge in [-0.25, -0.2) is 0 Å². The van der Waals surface area contributed by atoms with E-state index in [1.165, 1.54) is 6.08 Å². The standard InChI is InChI=1S/C25H21BrN2O3/c1-2-30-24-15-18(12-13-23(24)31-17-19-8-6-7-11-22(19)26)14-20(16-27)25(29)28-21-9-4-3-5-10-21/h3-15H,2,17H2,1H3,(H,28,29)/b20-14+. The van der Waals surface area contributed by atoms with E-state index in [9.17, 15) is 10.1 Å². The lowest BCUT2D eigenvalue weighted by Gasteiger charge is -2.13. The van der Waals surface area contributed by atoms with Gasteiger partial charge >= 0.3 is 0 Å². The molecule has 0 fully saturated rings. The molecule has 0 radical (unpaired) electrons. The second kappa shape index (κ2) is 11.0. The molecule has 0 aliphatic carbocycles. The van der Waals surface area contributed by atoms with E-state index in [0.29, 0.717) is 36.0 Å². The van der Waals surface area contributed by atoms with Crippen molar-refractivity contribution < 1.29 is 14.3 Å². The fourth-order valence-corrected chi connectivity index (χ4v) is 3.21. The van der Waals surface area contributed by atoms with Crippen molar-refractivity contribution in [3.05, 3.63) is 94.0 Å². The van der Waals surface area contributed by atoms with E-state index in [1.54, 1.807) is 30.3 Å². The minimum absolute atomic E-state index is 0.00631. The number of anilines is 1. The summed E-state index contributed by atoms with van der Waals surface area (Å²) >= 11 is 3.52. The molecule has 31 heavy (non-hydrogen) atoms. The second-order valence-corrected chi connectivity index (χ2v) is 7.36. The van der Waals surface area contributed by atoms with Gasteiger partial charge in [-0.1, -0.05) is 58.4 Å². The molecule has 1 amide bonds. The summed E-state index contributed by atoms with van der Waals surface area (Å²) in [6.45, 7) is 2.71. The highest BCUT2D eigenvalue weighted by Crippen LogP contribution is 2.31. The molecule has 0 aliphatic heterocycles. The zero-order valence-corrected chi connectivity index (χ0v) is 18.6. The first kappa shape index (κ1) is 22.1. The molecule has 6 heteroatoms. The number of rotatable bonds is 8. The van der Waals surface area contributed by atoms with Gasteiger partial charge in [0, 0.05) is 15.7 Å². The summed E-state index contributed by atoms with van der Waals surface area (Å²) in [5, 5.41) is 12.2. The predicted octanol–water partition coefficient (Wildman–Crippen LogP) is 5.97. The van der Waals surface area contributed by atoms with Crippen molar-refractivity contribution in [2.75, 3.05) is 11.9 Å². The number of carbonyl (C=O) groups excluding carboxylic acids is 1. The summed E-state index contributed by atoms with van der Waals surface area (Å²) in [7, 11) is 0. The molecule has 0 saturated carbocycles. The van der Waals surface area contributed by atoms with Crippen LogP contribution < -0.4 is 14.8 Å². The summed E-state index contributed by atoms with van der Waals surface area (Å²) < 4.78 is 12.6. The lowest BCUT2D eigenvalue weighted by molar-refractivity contribution is -0.112. The van der Waals surface area contributed by atoms with Crippen molar-refractivity contribution in [2.24, 2.45) is 0 Å². The zero-order chi connectivity index (χ0) is 22.1. The van der Waals surface area contributed by atoms with Crippen molar-refractivity contribution in [1.82, 2.24) is 0 Å². The molecular weight excluding hydrogens is 456 g/mol. The van der Waals surface area contributed by atoms with E-state index in [-0.39, 0.29) is 5.57 Å². The van der Waals surface area contributed by atoms with Crippen LogP contribution in [0, 0.1) is 11.3 Å². The number of ether oxygens (including phenoxy) is 2. The molecule has 0 spiro atoms. The topological polar surface area (TPSA) is 71.3 Å². The van der Waals surface area contributed by atoms with Crippen LogP contribution in [0.25, 0.3) is 6.08 Å². The van der Waals surface area contributed by atoms with Gasteiger partial charge in [0.15, 0.2) is 11.5 Å². The highest BCUT2D eigenvalue weighted by atomic mass is 79.9. The molecule has 0 heterocycles. The van der Waals surface area contributed by atoms with Gasteiger partial charge in [-0.2, -0.15) is 5.26 Å². The van der Waals surface area contributed by atoms with Gasteiger partial charge in [-0.15, -0.1) is 0 Å². The average molecular weight is 477 g/mol. The Labute approximate surface area is 190 Å². The quantitative estimate of drug-likeness (QED) is 0.321. The third kappa shape index (κ3) is 6.21. The summed E-state index contributed by atoms with van der Waals surface area (Å²) in [5.74, 6) is 0.659. The molecule has 3 aromatic rings. The number of nitriles is 1. The fraction of sp³-hybridized carbons (Fsp3) is 0.120. The lowest BCUT2D eigenvalue weighted by Crippen LogP contribution is -2.13. The summed E-state index contributed by atoms with van der Waals surface area (Å²) in [5.41, 5.74) is 2.29. The van der Waals surface area contributed by atoms with Gasteiger partial charge in [0.25, 0.3) is 5.91 Å². The Hall–Kier alpha value is -3.56. The van der Waals surface area contributed by atoms with Crippen LogP contribution in [0.15, 0.2) is 82.8 Å². The van der Waals surface area contributed by atoms with Gasteiger partial charge in [-0.05, 0) is 48.9 Å². The SMILES string of the molecule is CCOc1cc(/C=C(\C#N)C(=O)Nc2ccccc2)ccc1OCc1ccccc1Br. The molecule has 1 N–H and O–H groups in total. The third-order valence-corrected chi connectivity index (χ3v) is 5.09. The number of carbonyl (C=O) groups is 1. The van der Waals surface area contributed by atoms with Crippen LogP contribution >= 0.6 is 15.9 Å². The van der Waals surface area contributed by atoms with Gasteiger partial charge in [0.2, 0.25) is 0 Å². The van der Waals surface area contributed by atoms with Gasteiger partial charge in [0.05, 0.1) is 6.61 Å². The van der Waals surface area contributed by atoms with Crippen molar-refractivity contribution in [2.45, 2.75) is 13.5 Å². The summed E-state index contributed by atoms with van der Waals surface area (Å²) in [4.78, 5) is 12.5. The van der Waals surface area contributed by atoms with Crippen LogP contribution in [0.1, 0.15) is 18.1 Å². The van der Waals surface area contributed by atoms with E-state index in [2.05, 4.69) is 21.2 Å². The Morgan fingerprint density at radius 2 is 1.77 bits per heavy atom. The smallest absolute Gasteiger partial charge is 0.266 e. The molecule has 3 rings (SSSR count). The first-order valence-corrected chi connectivity index (χ1v) is 10.5. The van der Waals surface area contributed by atoms with Crippen molar-refractivity contribution in [3.63, 3.8) is 0 Å². The predicted molar refractivity (Wildman–Crippen MR) is 125 cm³/mol. The first-order chi connectivity index (χ1) is 15.1. The van der Waals surface area contributed by atoms with Gasteiger partial charge in [-0.3, -0.25) is 4.79 Å². The van der Waals surface area contributed by atoms with Crippen LogP contribution in [0.4, 0.5) is 5.69 Å². The maximum Gasteiger partial charge on any atom is 0.266 e. The molecule has 5 nitrogen and oxygen atoms in total. The highest BCUT2D eigenvalue weighted by molar-refractivity contribution is 9.10. The Balaban J connectivity index is 1.79. The molecule has 0 atom stereocenters. The number of halogens is 1. The number of nitrogens with one attached hydrogen (secondary N) is 1. The highest BCUT2D eigenvalue weighted by Gasteiger charge is 2.12. The molecule has 0 bridgehead atoms. The maximum atomic E-state index is 12.5.